The molecule has 4 rings (SSSR count). The van der Waals surface area contributed by atoms with Crippen LogP contribution in [-0.2, 0) is 14.3 Å². The smallest absolute Gasteiger partial charge is 0.356 e. The second-order valence-electron chi connectivity index (χ2n) is 6.67. The number of nitrogens with zero attached hydrogens (tertiary/aromatic N) is 1. The van der Waals surface area contributed by atoms with Gasteiger partial charge in [-0.2, -0.15) is 0 Å². The molecule has 1 saturated heterocycles. The molecule has 2 aromatic rings. The number of benzene rings is 2. The normalized spacial score (nSPS) is 21.7. The first-order chi connectivity index (χ1) is 13.1. The van der Waals surface area contributed by atoms with Gasteiger partial charge < -0.3 is 10.5 Å². The number of carbonyl (C=O) groups excluding carboxylic acids is 2. The Balaban J connectivity index is 1.65. The Morgan fingerprint density at radius 2 is 1.67 bits per heavy atom. The Bertz CT molecular complexity index is 859. The molecule has 0 bridgehead atoms. The van der Waals surface area contributed by atoms with Gasteiger partial charge in [-0.15, -0.1) is 11.8 Å². The second kappa shape index (κ2) is 7.21. The average Bonchev–Trinajstić information content (AvgIpc) is 2.72. The molecule has 2 unspecified atom stereocenters. The highest BCUT2D eigenvalue weighted by molar-refractivity contribution is 8.00. The van der Waals surface area contributed by atoms with E-state index in [0.717, 1.165) is 16.7 Å². The summed E-state index contributed by atoms with van der Waals surface area (Å²) in [5.74, 6) is -0.0567. The van der Waals surface area contributed by atoms with E-state index in [1.165, 1.54) is 4.90 Å². The third-order valence-electron chi connectivity index (χ3n) is 4.82. The van der Waals surface area contributed by atoms with E-state index in [4.69, 9.17) is 10.5 Å². The predicted octanol–water partition coefficient (Wildman–Crippen LogP) is 2.84. The van der Waals surface area contributed by atoms with Crippen molar-refractivity contribution in [3.8, 4) is 0 Å². The van der Waals surface area contributed by atoms with Gasteiger partial charge in [-0.25, -0.2) is 4.79 Å². The third kappa shape index (κ3) is 3.15. The van der Waals surface area contributed by atoms with Gasteiger partial charge >= 0.3 is 5.97 Å². The molecule has 138 valence electrons. The van der Waals surface area contributed by atoms with Crippen molar-refractivity contribution in [3.63, 3.8) is 0 Å². The van der Waals surface area contributed by atoms with Crippen molar-refractivity contribution >= 4 is 23.6 Å². The highest BCUT2D eigenvalue weighted by Gasteiger charge is 2.51. The minimum atomic E-state index is -0.551. The first kappa shape index (κ1) is 17.8. The van der Waals surface area contributed by atoms with Gasteiger partial charge in [0.05, 0.1) is 0 Å². The van der Waals surface area contributed by atoms with Crippen LogP contribution in [0.1, 0.15) is 24.2 Å². The number of carbonyl (C=O) groups is 2. The third-order valence-corrected chi connectivity index (χ3v) is 6.27. The molecule has 0 saturated carbocycles. The molecule has 1 fully saturated rings. The van der Waals surface area contributed by atoms with E-state index in [2.05, 4.69) is 0 Å². The van der Waals surface area contributed by atoms with Crippen LogP contribution in [-0.4, -0.2) is 33.9 Å². The Morgan fingerprint density at radius 1 is 1.11 bits per heavy atom. The molecule has 6 heteroatoms. The van der Waals surface area contributed by atoms with Crippen molar-refractivity contribution < 1.29 is 14.3 Å². The maximum absolute atomic E-state index is 13.1. The average molecular weight is 380 g/mol. The van der Waals surface area contributed by atoms with Crippen LogP contribution >= 0.6 is 11.8 Å². The molecular formula is C21H20N2O3S. The number of amides is 1. The van der Waals surface area contributed by atoms with Crippen LogP contribution in [0.3, 0.4) is 0 Å². The minimum Gasteiger partial charge on any atom is -0.448 e. The van der Waals surface area contributed by atoms with Crippen LogP contribution < -0.4 is 5.73 Å². The first-order valence-electron chi connectivity index (χ1n) is 8.79. The standard InChI is InChI=1S/C21H20N2O3S/c1-13-12-27-20-16(22)19(24)23(20)17(13)21(25)26-18(14-8-4-2-5-9-14)15-10-6-3-7-11-15/h2-11,16,18,20H,12,22H2,1H3. The largest absolute Gasteiger partial charge is 0.448 e. The summed E-state index contributed by atoms with van der Waals surface area (Å²) >= 11 is 1.58. The van der Waals surface area contributed by atoms with Crippen molar-refractivity contribution in [1.29, 1.82) is 0 Å². The molecule has 1 amide bonds. The molecular weight excluding hydrogens is 360 g/mol. The van der Waals surface area contributed by atoms with Crippen LogP contribution in [0.2, 0.25) is 0 Å². The molecule has 0 radical (unpaired) electrons. The van der Waals surface area contributed by atoms with E-state index < -0.39 is 18.1 Å². The lowest BCUT2D eigenvalue weighted by Gasteiger charge is -2.48. The summed E-state index contributed by atoms with van der Waals surface area (Å²) in [5, 5.41) is -0.185. The highest BCUT2D eigenvalue weighted by Crippen LogP contribution is 2.40. The van der Waals surface area contributed by atoms with E-state index >= 15 is 0 Å². The van der Waals surface area contributed by atoms with Crippen LogP contribution in [0, 0.1) is 0 Å². The fraction of sp³-hybridized carbons (Fsp3) is 0.238. The molecule has 2 aliphatic rings. The number of hydrogen-bond acceptors (Lipinski definition) is 5. The van der Waals surface area contributed by atoms with Crippen LogP contribution in [0.15, 0.2) is 71.9 Å². The van der Waals surface area contributed by atoms with Crippen molar-refractivity contribution in [2.24, 2.45) is 5.73 Å². The van der Waals surface area contributed by atoms with Crippen molar-refractivity contribution in [1.82, 2.24) is 4.90 Å². The van der Waals surface area contributed by atoms with E-state index in [-0.39, 0.29) is 11.3 Å². The monoisotopic (exact) mass is 380 g/mol. The number of β-lactam (4-membered cyclic amide) rings is 1. The number of ether oxygens (including phenoxy) is 1. The van der Waals surface area contributed by atoms with Crippen LogP contribution in [0.25, 0.3) is 0 Å². The fourth-order valence-electron chi connectivity index (χ4n) is 3.41. The molecule has 2 N–H and O–H groups in total. The van der Waals surface area contributed by atoms with Crippen molar-refractivity contribution in [3.05, 3.63) is 83.1 Å². The van der Waals surface area contributed by atoms with Gasteiger partial charge in [0.2, 0.25) is 5.91 Å². The van der Waals surface area contributed by atoms with Gasteiger partial charge in [-0.05, 0) is 23.6 Å². The quantitative estimate of drug-likeness (QED) is 0.652. The Kier molecular flexibility index (Phi) is 4.76. The molecule has 2 atom stereocenters. The summed E-state index contributed by atoms with van der Waals surface area (Å²) < 4.78 is 5.93. The molecule has 2 aromatic carbocycles. The predicted molar refractivity (Wildman–Crippen MR) is 105 cm³/mol. The summed E-state index contributed by atoms with van der Waals surface area (Å²) in [6.45, 7) is 1.86. The van der Waals surface area contributed by atoms with Crippen LogP contribution in [0.5, 0.6) is 0 Å². The van der Waals surface area contributed by atoms with Gasteiger partial charge in [0, 0.05) is 5.75 Å². The molecule has 2 heterocycles. The zero-order valence-electron chi connectivity index (χ0n) is 14.9. The zero-order chi connectivity index (χ0) is 19.0. The first-order valence-corrected chi connectivity index (χ1v) is 9.83. The van der Waals surface area contributed by atoms with Gasteiger partial charge in [0.25, 0.3) is 0 Å². The lowest BCUT2D eigenvalue weighted by Crippen LogP contribution is -2.68. The molecule has 2 aliphatic heterocycles. The SMILES string of the molecule is CC1=C(C(=O)OC(c2ccccc2)c2ccccc2)N2C(=O)C(N)C2SC1. The van der Waals surface area contributed by atoms with E-state index in [1.54, 1.807) is 11.8 Å². The number of rotatable bonds is 4. The number of esters is 1. The second-order valence-corrected chi connectivity index (χ2v) is 7.78. The molecule has 5 nitrogen and oxygen atoms in total. The summed E-state index contributed by atoms with van der Waals surface area (Å²) in [6.07, 6.45) is -0.543. The summed E-state index contributed by atoms with van der Waals surface area (Å²) in [5.41, 5.74) is 8.81. The Morgan fingerprint density at radius 3 is 2.22 bits per heavy atom. The van der Waals surface area contributed by atoms with E-state index in [0.29, 0.717) is 11.4 Å². The Labute approximate surface area is 162 Å². The van der Waals surface area contributed by atoms with Crippen molar-refractivity contribution in [2.45, 2.75) is 24.4 Å². The summed E-state index contributed by atoms with van der Waals surface area (Å²) in [4.78, 5) is 26.8. The summed E-state index contributed by atoms with van der Waals surface area (Å²) in [6, 6.07) is 18.6. The number of fused-ring (bicyclic) bond motifs is 1. The number of thioether (sulfide) groups is 1. The van der Waals surface area contributed by atoms with Gasteiger partial charge in [0.1, 0.15) is 17.1 Å². The summed E-state index contributed by atoms with van der Waals surface area (Å²) in [7, 11) is 0. The lowest BCUT2D eigenvalue weighted by molar-refractivity contribution is -0.153. The van der Waals surface area contributed by atoms with Gasteiger partial charge in [-0.3, -0.25) is 9.69 Å². The lowest BCUT2D eigenvalue weighted by atomic mass is 10.0. The Hall–Kier alpha value is -2.57. The molecule has 0 aliphatic carbocycles. The zero-order valence-corrected chi connectivity index (χ0v) is 15.7. The minimum absolute atomic E-state index is 0.185. The van der Waals surface area contributed by atoms with E-state index in [1.807, 2.05) is 67.6 Å². The fourth-order valence-corrected chi connectivity index (χ4v) is 4.65. The highest BCUT2D eigenvalue weighted by atomic mass is 32.2. The van der Waals surface area contributed by atoms with Crippen molar-refractivity contribution in [2.75, 3.05) is 5.75 Å². The van der Waals surface area contributed by atoms with Gasteiger partial charge in [-0.1, -0.05) is 60.7 Å². The molecule has 0 spiro atoms. The van der Waals surface area contributed by atoms with Crippen LogP contribution in [0.4, 0.5) is 0 Å². The number of nitrogens with two attached hydrogens (primary N) is 1. The maximum atomic E-state index is 13.1. The van der Waals surface area contributed by atoms with E-state index in [9.17, 15) is 9.59 Å². The topological polar surface area (TPSA) is 72.6 Å². The molecule has 27 heavy (non-hydrogen) atoms. The van der Waals surface area contributed by atoms with Gasteiger partial charge in [0.15, 0.2) is 6.10 Å². The number of hydrogen-bond donors (Lipinski definition) is 1. The molecule has 0 aromatic heterocycles. The maximum Gasteiger partial charge on any atom is 0.356 e.